The van der Waals surface area contributed by atoms with Gasteiger partial charge in [0.1, 0.15) is 17.3 Å². The quantitative estimate of drug-likeness (QED) is 0.409. The molecule has 2 heterocycles. The van der Waals surface area contributed by atoms with Crippen LogP contribution in [0.4, 0.5) is 10.1 Å². The van der Waals surface area contributed by atoms with Gasteiger partial charge in [0.15, 0.2) is 4.80 Å². The number of nitrogens with one attached hydrogen (secondary N) is 1. The molecule has 38 heavy (non-hydrogen) atoms. The lowest BCUT2D eigenvalue weighted by molar-refractivity contribution is -0.113. The number of rotatable bonds is 6. The molecule has 1 amide bonds. The van der Waals surface area contributed by atoms with Crippen LogP contribution in [0.1, 0.15) is 24.1 Å². The molecule has 3 aromatic carbocycles. The molecule has 0 aliphatic carbocycles. The molecule has 1 N–H and O–H groups in total. The van der Waals surface area contributed by atoms with Crippen molar-refractivity contribution in [2.24, 2.45) is 4.99 Å². The van der Waals surface area contributed by atoms with Gasteiger partial charge < -0.3 is 14.8 Å². The molecule has 0 saturated carbocycles. The summed E-state index contributed by atoms with van der Waals surface area (Å²) >= 11 is 1.20. The SMILES string of the molecule is COc1ccc(OC)c(/C=c2\sc3n(c2=O)C(c2ccc(F)cc2)C(C(=O)Nc2ccccc2)=C(C)N=3)c1. The number of carbonyl (C=O) groups excluding carboxylic acids is 1. The van der Waals surface area contributed by atoms with Gasteiger partial charge in [-0.15, -0.1) is 0 Å². The first-order valence-electron chi connectivity index (χ1n) is 11.8. The van der Waals surface area contributed by atoms with Gasteiger partial charge in [-0.25, -0.2) is 9.38 Å². The molecule has 0 saturated heterocycles. The Morgan fingerprint density at radius 1 is 1.05 bits per heavy atom. The van der Waals surface area contributed by atoms with E-state index >= 15 is 0 Å². The lowest BCUT2D eigenvalue weighted by atomic mass is 9.95. The van der Waals surface area contributed by atoms with Gasteiger partial charge in [-0.3, -0.25) is 14.2 Å². The molecule has 0 bridgehead atoms. The fraction of sp³-hybridized carbons (Fsp3) is 0.138. The Labute approximate surface area is 221 Å². The zero-order valence-electron chi connectivity index (χ0n) is 20.9. The first-order valence-corrected chi connectivity index (χ1v) is 12.6. The van der Waals surface area contributed by atoms with Crippen LogP contribution in [0.25, 0.3) is 6.08 Å². The maximum Gasteiger partial charge on any atom is 0.271 e. The number of methoxy groups -OCH3 is 2. The summed E-state index contributed by atoms with van der Waals surface area (Å²) < 4.78 is 26.5. The number of nitrogens with zero attached hydrogens (tertiary/aromatic N) is 2. The Morgan fingerprint density at radius 2 is 1.79 bits per heavy atom. The Bertz CT molecular complexity index is 1720. The van der Waals surface area contributed by atoms with E-state index in [1.807, 2.05) is 18.2 Å². The van der Waals surface area contributed by atoms with Gasteiger partial charge in [-0.1, -0.05) is 41.7 Å². The van der Waals surface area contributed by atoms with Crippen LogP contribution in [0.3, 0.4) is 0 Å². The molecule has 5 rings (SSSR count). The standard InChI is InChI=1S/C29H24FN3O4S/c1-17-25(27(34)32-21-7-5-4-6-8-21)26(18-9-11-20(30)12-10-18)33-28(35)24(38-29(33)31-17)16-19-15-22(36-2)13-14-23(19)37-3/h4-16,26H,1-3H3,(H,32,34)/b24-16-. The fourth-order valence-electron chi connectivity index (χ4n) is 4.39. The second-order valence-corrected chi connectivity index (χ2v) is 9.57. The normalized spacial score (nSPS) is 15.1. The van der Waals surface area contributed by atoms with Crippen molar-refractivity contribution in [3.05, 3.63) is 121 Å². The summed E-state index contributed by atoms with van der Waals surface area (Å²) in [6.45, 7) is 1.73. The molecule has 4 aromatic rings. The number of ether oxygens (including phenoxy) is 2. The number of hydrogen-bond acceptors (Lipinski definition) is 6. The number of aromatic nitrogens is 1. The highest BCUT2D eigenvalue weighted by atomic mass is 32.1. The van der Waals surface area contributed by atoms with Crippen LogP contribution in [0.2, 0.25) is 0 Å². The van der Waals surface area contributed by atoms with E-state index in [1.165, 1.54) is 28.0 Å². The first kappa shape index (κ1) is 25.2. The van der Waals surface area contributed by atoms with Crippen LogP contribution < -0.4 is 29.7 Å². The van der Waals surface area contributed by atoms with E-state index in [2.05, 4.69) is 10.3 Å². The summed E-state index contributed by atoms with van der Waals surface area (Å²) in [4.78, 5) is 32.5. The Morgan fingerprint density at radius 3 is 2.47 bits per heavy atom. The van der Waals surface area contributed by atoms with Crippen LogP contribution in [0, 0.1) is 5.82 Å². The van der Waals surface area contributed by atoms with Gasteiger partial charge in [0.05, 0.1) is 36.1 Å². The summed E-state index contributed by atoms with van der Waals surface area (Å²) in [5.41, 5.74) is 2.31. The number of anilines is 1. The van der Waals surface area contributed by atoms with E-state index in [0.717, 1.165) is 0 Å². The van der Waals surface area contributed by atoms with Crippen LogP contribution in [0.15, 0.2) is 93.9 Å². The topological polar surface area (TPSA) is 81.9 Å². The molecule has 1 aliphatic heterocycles. The molecule has 1 aromatic heterocycles. The molecule has 1 aliphatic rings. The van der Waals surface area contributed by atoms with E-state index in [-0.39, 0.29) is 5.56 Å². The molecule has 0 radical (unpaired) electrons. The number of benzene rings is 3. The largest absolute Gasteiger partial charge is 0.497 e. The van der Waals surface area contributed by atoms with E-state index in [1.54, 1.807) is 69.7 Å². The van der Waals surface area contributed by atoms with E-state index in [0.29, 0.717) is 48.9 Å². The second kappa shape index (κ2) is 10.5. The summed E-state index contributed by atoms with van der Waals surface area (Å²) in [6.07, 6.45) is 1.72. The maximum atomic E-state index is 13.8. The highest BCUT2D eigenvalue weighted by Gasteiger charge is 2.32. The fourth-order valence-corrected chi connectivity index (χ4v) is 5.42. The van der Waals surface area contributed by atoms with Gasteiger partial charge in [0.25, 0.3) is 11.5 Å². The van der Waals surface area contributed by atoms with Crippen molar-refractivity contribution >= 4 is 29.0 Å². The molecule has 192 valence electrons. The molecular formula is C29H24FN3O4S. The van der Waals surface area contributed by atoms with Gasteiger partial charge in [0, 0.05) is 11.3 Å². The second-order valence-electron chi connectivity index (χ2n) is 8.56. The number of thiazole rings is 1. The summed E-state index contributed by atoms with van der Waals surface area (Å²) in [6, 6.07) is 19.3. The van der Waals surface area contributed by atoms with Crippen molar-refractivity contribution in [3.8, 4) is 11.5 Å². The van der Waals surface area contributed by atoms with Crippen LogP contribution in [-0.2, 0) is 4.79 Å². The predicted octanol–water partition coefficient (Wildman–Crippen LogP) is 4.03. The van der Waals surface area contributed by atoms with Crippen LogP contribution in [0.5, 0.6) is 11.5 Å². The van der Waals surface area contributed by atoms with Crippen LogP contribution >= 0.6 is 11.3 Å². The third kappa shape index (κ3) is 4.76. The van der Waals surface area contributed by atoms with Crippen molar-refractivity contribution in [1.29, 1.82) is 0 Å². The maximum absolute atomic E-state index is 13.8. The monoisotopic (exact) mass is 529 g/mol. The number of allylic oxidation sites excluding steroid dienone is 1. The van der Waals surface area contributed by atoms with Crippen molar-refractivity contribution in [1.82, 2.24) is 4.57 Å². The van der Waals surface area contributed by atoms with Crippen LogP contribution in [-0.4, -0.2) is 24.7 Å². The Kier molecular flexibility index (Phi) is 6.93. The Hall–Kier alpha value is -4.50. The zero-order valence-corrected chi connectivity index (χ0v) is 21.7. The Balaban J connectivity index is 1.69. The molecule has 0 fully saturated rings. The van der Waals surface area contributed by atoms with Gasteiger partial charge in [-0.2, -0.15) is 0 Å². The minimum absolute atomic E-state index is 0.304. The van der Waals surface area contributed by atoms with Gasteiger partial charge in [0.2, 0.25) is 0 Å². The van der Waals surface area contributed by atoms with Crippen molar-refractivity contribution < 1.29 is 18.7 Å². The number of para-hydroxylation sites is 1. The minimum Gasteiger partial charge on any atom is -0.497 e. The smallest absolute Gasteiger partial charge is 0.271 e. The average molecular weight is 530 g/mol. The van der Waals surface area contributed by atoms with Gasteiger partial charge >= 0.3 is 0 Å². The average Bonchev–Trinajstić information content (AvgIpc) is 3.22. The van der Waals surface area contributed by atoms with E-state index in [9.17, 15) is 14.0 Å². The third-order valence-corrected chi connectivity index (χ3v) is 7.19. The lowest BCUT2D eigenvalue weighted by Gasteiger charge is -2.25. The summed E-state index contributed by atoms with van der Waals surface area (Å²) in [5.74, 6) is 0.383. The first-order chi connectivity index (χ1) is 18.4. The molecule has 1 atom stereocenters. The number of carbonyl (C=O) groups is 1. The number of halogens is 1. The van der Waals surface area contributed by atoms with Crippen molar-refractivity contribution in [2.75, 3.05) is 19.5 Å². The third-order valence-electron chi connectivity index (χ3n) is 6.21. The number of hydrogen-bond donors (Lipinski definition) is 1. The number of amides is 1. The number of fused-ring (bicyclic) bond motifs is 1. The van der Waals surface area contributed by atoms with E-state index in [4.69, 9.17) is 9.47 Å². The molecular weight excluding hydrogens is 505 g/mol. The molecule has 1 unspecified atom stereocenters. The highest BCUT2D eigenvalue weighted by Crippen LogP contribution is 2.31. The molecule has 0 spiro atoms. The predicted molar refractivity (Wildman–Crippen MR) is 145 cm³/mol. The van der Waals surface area contributed by atoms with Crippen molar-refractivity contribution in [3.63, 3.8) is 0 Å². The van der Waals surface area contributed by atoms with Gasteiger partial charge in [-0.05, 0) is 61.0 Å². The van der Waals surface area contributed by atoms with E-state index < -0.39 is 17.8 Å². The van der Waals surface area contributed by atoms with Crippen molar-refractivity contribution in [2.45, 2.75) is 13.0 Å². The molecule has 9 heteroatoms. The summed E-state index contributed by atoms with van der Waals surface area (Å²) in [7, 11) is 3.11. The zero-order chi connectivity index (χ0) is 26.8. The summed E-state index contributed by atoms with van der Waals surface area (Å²) in [5, 5.41) is 2.90. The molecule has 7 nitrogen and oxygen atoms in total. The lowest BCUT2D eigenvalue weighted by Crippen LogP contribution is -2.40. The highest BCUT2D eigenvalue weighted by molar-refractivity contribution is 7.07. The minimum atomic E-state index is -0.801.